The lowest BCUT2D eigenvalue weighted by Gasteiger charge is -2.27. The maximum atomic E-state index is 7.28. The van der Waals surface area contributed by atoms with Crippen molar-refractivity contribution in [3.05, 3.63) is 103 Å². The molecule has 0 aliphatic heterocycles. The van der Waals surface area contributed by atoms with Gasteiger partial charge in [-0.3, -0.25) is 0 Å². The van der Waals surface area contributed by atoms with Crippen molar-refractivity contribution >= 4 is 64.9 Å². The summed E-state index contributed by atoms with van der Waals surface area (Å²) in [6.45, 7) is 12.5. The Balaban J connectivity index is 1.84. The van der Waals surface area contributed by atoms with Crippen LogP contribution in [0.1, 0.15) is 39.3 Å². The quantitative estimate of drug-likeness (QED) is 0.181. The SMILES string of the molecule is CCN([C@H](C)c1ccccc1)p1oc2ccc3ccccc3c2c2c(o1)c([Si](C)(CC)CC)cc1ccccc12. The van der Waals surface area contributed by atoms with Gasteiger partial charge in [0.15, 0.2) is 0 Å². The van der Waals surface area contributed by atoms with Gasteiger partial charge in [-0.1, -0.05) is 130 Å². The third kappa shape index (κ3) is 4.49. The molecule has 0 fully saturated rings. The smallest absolute Gasteiger partial charge is 0.310 e. The highest BCUT2D eigenvalue weighted by atomic mass is 31.1. The Labute approximate surface area is 239 Å². The van der Waals surface area contributed by atoms with Crippen LogP contribution >= 0.6 is 8.16 Å². The second kappa shape index (κ2) is 10.9. The Kier molecular flexibility index (Phi) is 7.35. The molecule has 1 aromatic heterocycles. The number of nitrogens with zero attached hydrogens (tertiary/aromatic N) is 1. The van der Waals surface area contributed by atoms with Gasteiger partial charge in [0.25, 0.3) is 0 Å². The van der Waals surface area contributed by atoms with Gasteiger partial charge in [0.1, 0.15) is 11.2 Å². The lowest BCUT2D eigenvalue weighted by Crippen LogP contribution is -2.43. The molecule has 3 nitrogen and oxygen atoms in total. The molecule has 0 saturated heterocycles. The highest BCUT2D eigenvalue weighted by Crippen LogP contribution is 2.44. The van der Waals surface area contributed by atoms with Crippen molar-refractivity contribution in [1.82, 2.24) is 0 Å². The van der Waals surface area contributed by atoms with E-state index in [0.717, 1.165) is 35.2 Å². The van der Waals surface area contributed by atoms with E-state index in [4.69, 9.17) is 8.39 Å². The molecule has 0 spiro atoms. The fourth-order valence-corrected chi connectivity index (χ4v) is 10.2. The van der Waals surface area contributed by atoms with Crippen molar-refractivity contribution in [2.45, 2.75) is 52.4 Å². The lowest BCUT2D eigenvalue weighted by molar-refractivity contribution is 0.601. The van der Waals surface area contributed by atoms with E-state index >= 15 is 0 Å². The van der Waals surface area contributed by atoms with E-state index in [-0.39, 0.29) is 6.04 Å². The monoisotopic (exact) mass is 563 g/mol. The molecule has 6 rings (SSSR count). The van der Waals surface area contributed by atoms with Crippen molar-refractivity contribution in [2.75, 3.05) is 11.2 Å². The van der Waals surface area contributed by atoms with E-state index < -0.39 is 16.2 Å². The minimum absolute atomic E-state index is 0.146. The van der Waals surface area contributed by atoms with Crippen LogP contribution < -0.4 is 9.86 Å². The zero-order valence-electron chi connectivity index (χ0n) is 24.1. The normalized spacial score (nSPS) is 13.5. The number of hydrogen-bond acceptors (Lipinski definition) is 3. The summed E-state index contributed by atoms with van der Waals surface area (Å²) >= 11 is 0. The third-order valence-corrected chi connectivity index (χ3v) is 15.5. The van der Waals surface area contributed by atoms with Crippen molar-refractivity contribution in [2.24, 2.45) is 0 Å². The average molecular weight is 564 g/mol. The molecule has 0 radical (unpaired) electrons. The van der Waals surface area contributed by atoms with E-state index in [1.165, 1.54) is 37.7 Å². The fourth-order valence-electron chi connectivity index (χ4n) is 6.06. The third-order valence-electron chi connectivity index (χ3n) is 8.96. The first kappa shape index (κ1) is 26.9. The Morgan fingerprint density at radius 1 is 0.725 bits per heavy atom. The molecule has 0 aliphatic carbocycles. The maximum Gasteiger partial charge on any atom is 0.310 e. The highest BCUT2D eigenvalue weighted by Gasteiger charge is 2.31. The van der Waals surface area contributed by atoms with Gasteiger partial charge in [-0.05, 0) is 45.3 Å². The van der Waals surface area contributed by atoms with Crippen LogP contribution in [0.15, 0.2) is 105 Å². The highest BCUT2D eigenvalue weighted by molar-refractivity contribution is 7.39. The van der Waals surface area contributed by atoms with Gasteiger partial charge in [-0.2, -0.15) is 4.67 Å². The van der Waals surface area contributed by atoms with E-state index in [1.54, 1.807) is 0 Å². The minimum Gasteiger partial charge on any atom is -0.408 e. The Hall–Kier alpha value is -3.30. The summed E-state index contributed by atoms with van der Waals surface area (Å²) in [5, 5.41) is 8.67. The van der Waals surface area contributed by atoms with Crippen molar-refractivity contribution < 1.29 is 8.39 Å². The molecule has 0 saturated carbocycles. The van der Waals surface area contributed by atoms with Gasteiger partial charge in [0.05, 0.1) is 8.07 Å². The molecule has 1 unspecified atom stereocenters. The lowest BCUT2D eigenvalue weighted by atomic mass is 9.98. The zero-order valence-corrected chi connectivity index (χ0v) is 26.0. The molecule has 2 atom stereocenters. The summed E-state index contributed by atoms with van der Waals surface area (Å²) in [5.74, 6) is 0. The molecule has 0 aliphatic rings. The summed E-state index contributed by atoms with van der Waals surface area (Å²) in [6, 6.07) is 37.4. The second-order valence-electron chi connectivity index (χ2n) is 11.0. The first-order valence-corrected chi connectivity index (χ1v) is 18.6. The Morgan fingerprint density at radius 3 is 2.02 bits per heavy atom. The molecule has 40 heavy (non-hydrogen) atoms. The zero-order chi connectivity index (χ0) is 27.9. The summed E-state index contributed by atoms with van der Waals surface area (Å²) < 4.78 is 16.7. The number of hydrogen-bond donors (Lipinski definition) is 0. The van der Waals surface area contributed by atoms with Gasteiger partial charge in [0.2, 0.25) is 0 Å². The van der Waals surface area contributed by atoms with Gasteiger partial charge in [-0.25, -0.2) is 0 Å². The van der Waals surface area contributed by atoms with Crippen LogP contribution in [0.5, 0.6) is 0 Å². The predicted octanol–water partition coefficient (Wildman–Crippen LogP) is 10.6. The first-order chi connectivity index (χ1) is 19.5. The van der Waals surface area contributed by atoms with Crippen LogP contribution in [0.3, 0.4) is 0 Å². The van der Waals surface area contributed by atoms with E-state index in [0.29, 0.717) is 0 Å². The first-order valence-electron chi connectivity index (χ1n) is 14.5. The van der Waals surface area contributed by atoms with Crippen LogP contribution in [0.25, 0.3) is 43.5 Å². The van der Waals surface area contributed by atoms with Gasteiger partial charge in [-0.15, -0.1) is 0 Å². The van der Waals surface area contributed by atoms with Crippen molar-refractivity contribution in [3.63, 3.8) is 0 Å². The molecule has 0 bridgehead atoms. The Morgan fingerprint density at radius 2 is 1.35 bits per heavy atom. The largest absolute Gasteiger partial charge is 0.408 e. The van der Waals surface area contributed by atoms with Crippen LogP contribution in [0.2, 0.25) is 18.6 Å². The Bertz CT molecular complexity index is 1860. The van der Waals surface area contributed by atoms with E-state index in [2.05, 4.69) is 136 Å². The summed E-state index contributed by atoms with van der Waals surface area (Å²) in [5.41, 5.74) is 3.21. The standard InChI is InChI=1S/C35H38NO2PSi/c1-6-36(25(4)26-16-10-9-11-17-26)39-37-31-23-22-27-18-12-14-20-29(27)33(31)34-30-21-15-13-19-28(30)24-32(35(34)38-39)40(5,7-2)8-3/h9-25H,6-8H2,1-5H3/t25-,39?/m1/s1. The number of benzene rings is 5. The topological polar surface area (TPSA) is 29.5 Å². The molecule has 1 heterocycles. The second-order valence-corrected chi connectivity index (χ2v) is 17.5. The molecular weight excluding hydrogens is 525 g/mol. The van der Waals surface area contributed by atoms with Crippen LogP contribution in [-0.4, -0.2) is 14.6 Å². The minimum atomic E-state index is -1.84. The van der Waals surface area contributed by atoms with Crippen molar-refractivity contribution in [1.29, 1.82) is 0 Å². The van der Waals surface area contributed by atoms with E-state index in [1.807, 2.05) is 0 Å². The van der Waals surface area contributed by atoms with Crippen LogP contribution in [-0.2, 0) is 0 Å². The molecular formula is C35H38NO2PSi. The average Bonchev–Trinajstić information content (AvgIpc) is 3.18. The molecule has 0 N–H and O–H groups in total. The molecule has 0 amide bonds. The maximum absolute atomic E-state index is 7.28. The molecule has 6 aromatic rings. The summed E-state index contributed by atoms with van der Waals surface area (Å²) in [4.78, 5) is 0. The summed E-state index contributed by atoms with van der Waals surface area (Å²) in [6.07, 6.45) is 0. The summed E-state index contributed by atoms with van der Waals surface area (Å²) in [7, 11) is -3.26. The fraction of sp³-hybridized carbons (Fsp3) is 0.257. The predicted molar refractivity (Wildman–Crippen MR) is 177 cm³/mol. The van der Waals surface area contributed by atoms with Gasteiger partial charge >= 0.3 is 8.16 Å². The van der Waals surface area contributed by atoms with E-state index in [9.17, 15) is 0 Å². The molecule has 5 aromatic carbocycles. The number of fused-ring (bicyclic) bond motifs is 7. The number of rotatable bonds is 7. The molecule has 5 heteroatoms. The van der Waals surface area contributed by atoms with Crippen LogP contribution in [0.4, 0.5) is 0 Å². The van der Waals surface area contributed by atoms with Gasteiger partial charge in [0, 0.05) is 23.4 Å². The molecule has 204 valence electrons. The van der Waals surface area contributed by atoms with Crippen molar-refractivity contribution in [3.8, 4) is 0 Å². The van der Waals surface area contributed by atoms with Crippen LogP contribution in [0, 0.1) is 0 Å². The van der Waals surface area contributed by atoms with Gasteiger partial charge < -0.3 is 8.39 Å².